The molecule has 10 rings (SSSR count). The number of aromatic hydroxyl groups is 1. The molecule has 6 aliphatic rings. The van der Waals surface area contributed by atoms with E-state index < -0.39 is 52.6 Å². The van der Waals surface area contributed by atoms with Crippen LogP contribution in [-0.4, -0.2) is 95.5 Å². The van der Waals surface area contributed by atoms with Crippen LogP contribution < -0.4 is 34.7 Å². The van der Waals surface area contributed by atoms with Gasteiger partial charge in [0.2, 0.25) is 6.79 Å². The number of hydrogen-bond donors (Lipinski definition) is 5. The molecule has 15 nitrogen and oxygen atoms in total. The van der Waals surface area contributed by atoms with Crippen LogP contribution in [0.5, 0.6) is 34.5 Å². The lowest BCUT2D eigenvalue weighted by molar-refractivity contribution is -0.194. The maximum atomic E-state index is 14.7. The molecule has 314 valence electrons. The van der Waals surface area contributed by atoms with E-state index in [-0.39, 0.29) is 50.5 Å². The van der Waals surface area contributed by atoms with Crippen molar-refractivity contribution in [2.24, 2.45) is 5.73 Å². The van der Waals surface area contributed by atoms with Crippen LogP contribution in [0.25, 0.3) is 10.9 Å². The second-order valence-corrected chi connectivity index (χ2v) is 17.8. The van der Waals surface area contributed by atoms with Crippen molar-refractivity contribution in [1.29, 1.82) is 0 Å². The summed E-state index contributed by atoms with van der Waals surface area (Å²) in [6.45, 7) is 7.24. The topological polar surface area (TPSA) is 190 Å². The molecule has 7 heterocycles. The Kier molecular flexibility index (Phi) is 8.90. The number of hydrogen-bond acceptors (Lipinski definition) is 15. The zero-order valence-corrected chi connectivity index (χ0v) is 35.0. The van der Waals surface area contributed by atoms with Gasteiger partial charge in [0.1, 0.15) is 29.9 Å². The van der Waals surface area contributed by atoms with Crippen LogP contribution >= 0.6 is 11.8 Å². The summed E-state index contributed by atoms with van der Waals surface area (Å²) in [5.41, 5.74) is 10.5. The lowest BCUT2D eigenvalue weighted by atomic mass is 9.75. The van der Waals surface area contributed by atoms with Crippen molar-refractivity contribution in [1.82, 2.24) is 20.1 Å². The fourth-order valence-electron chi connectivity index (χ4n) is 11.5. The first-order chi connectivity index (χ1) is 28.8. The number of aryl methyl sites for hydroxylation is 1. The number of terminal acetylenes is 1. The molecule has 60 heavy (non-hydrogen) atoms. The molecular formula is C44H47N5O10S. The van der Waals surface area contributed by atoms with Crippen molar-refractivity contribution in [3.8, 4) is 46.2 Å². The number of piperazine rings is 1. The van der Waals surface area contributed by atoms with Gasteiger partial charge in [0.25, 0.3) is 0 Å². The average Bonchev–Trinajstić information content (AvgIpc) is 3.96. The summed E-state index contributed by atoms with van der Waals surface area (Å²) in [7, 11) is 3.14. The van der Waals surface area contributed by atoms with Crippen molar-refractivity contribution in [2.45, 2.75) is 87.3 Å². The lowest BCUT2D eigenvalue weighted by Crippen LogP contribution is -2.66. The van der Waals surface area contributed by atoms with Crippen LogP contribution in [0, 0.1) is 25.5 Å². The number of benzene rings is 3. The van der Waals surface area contributed by atoms with Crippen LogP contribution in [0.1, 0.15) is 88.3 Å². The molecule has 1 aromatic heterocycles. The second-order valence-electron chi connectivity index (χ2n) is 16.8. The number of nitrogens with two attached hydrogens (primary N) is 1. The zero-order chi connectivity index (χ0) is 42.2. The Morgan fingerprint density at radius 3 is 2.62 bits per heavy atom. The monoisotopic (exact) mass is 837 g/mol. The van der Waals surface area contributed by atoms with Gasteiger partial charge in [-0.1, -0.05) is 11.8 Å². The molecule has 0 spiro atoms. The van der Waals surface area contributed by atoms with Crippen molar-refractivity contribution in [2.75, 3.05) is 40.7 Å². The summed E-state index contributed by atoms with van der Waals surface area (Å²) in [6, 6.07) is 4.57. The standard InChI is InChI=1S/C44H47N5O10S/c1-8-60-41-31-30(40-39(57-18-58-40)20(3)38(31)59-21(4)50)28(15-56-42(52)33-32-25(12-22(14-45)46-33)24-13-23(54-6)9-10-27(24)47-32)49-35(41)34-29-26(11-19(2)37(55-7)36(29)51)43(5)16-44(49,53)17-48(34)43/h1,9-11,13,22,28,33-35,41,46-47,51,53H,12,14-18,45H2,2-7H3/t22-,28-,33+,34+,35+,41+,43?,44?/m0/s1. The van der Waals surface area contributed by atoms with E-state index in [1.54, 1.807) is 14.0 Å². The lowest BCUT2D eigenvalue weighted by Gasteiger charge is -2.58. The minimum Gasteiger partial charge on any atom is -0.504 e. The van der Waals surface area contributed by atoms with Crippen molar-refractivity contribution in [3.63, 3.8) is 0 Å². The number of ether oxygens (including phenoxy) is 6. The van der Waals surface area contributed by atoms with Gasteiger partial charge in [-0.05, 0) is 73.4 Å². The molecule has 16 heteroatoms. The normalized spacial score (nSPS) is 29.3. The minimum atomic E-state index is -1.49. The molecule has 4 aromatic rings. The Labute approximate surface area is 350 Å². The first kappa shape index (κ1) is 39.0. The predicted molar refractivity (Wildman–Crippen MR) is 220 cm³/mol. The first-order valence-electron chi connectivity index (χ1n) is 20.0. The minimum absolute atomic E-state index is 0.0170. The van der Waals surface area contributed by atoms with E-state index in [1.807, 2.05) is 36.1 Å². The van der Waals surface area contributed by atoms with Gasteiger partial charge in [0.05, 0.1) is 37.6 Å². The number of phenolic OH excluding ortho intramolecular Hbond substituents is 1. The number of methoxy groups -OCH3 is 2. The van der Waals surface area contributed by atoms with Gasteiger partial charge in [-0.25, -0.2) is 4.79 Å². The third kappa shape index (κ3) is 5.23. The highest BCUT2D eigenvalue weighted by atomic mass is 32.2. The molecule has 0 amide bonds. The maximum absolute atomic E-state index is 14.7. The molecule has 3 aromatic carbocycles. The first-order valence-corrected chi connectivity index (χ1v) is 20.9. The van der Waals surface area contributed by atoms with Crippen LogP contribution in [0.4, 0.5) is 0 Å². The molecule has 2 unspecified atom stereocenters. The van der Waals surface area contributed by atoms with Gasteiger partial charge in [0.15, 0.2) is 23.0 Å². The number of aromatic amines is 1. The smallest absolute Gasteiger partial charge is 0.329 e. The van der Waals surface area contributed by atoms with E-state index in [4.69, 9.17) is 40.6 Å². The number of esters is 2. The molecular weight excluding hydrogens is 791 g/mol. The summed E-state index contributed by atoms with van der Waals surface area (Å²) in [5, 5.41) is 31.8. The van der Waals surface area contributed by atoms with E-state index in [2.05, 4.69) is 27.4 Å². The van der Waals surface area contributed by atoms with Crippen molar-refractivity contribution in [3.05, 3.63) is 68.9 Å². The number of carbonyl (C=O) groups excluding carboxylic acids is 2. The molecule has 0 radical (unpaired) electrons. The molecule has 6 aliphatic heterocycles. The molecule has 2 bridgehead atoms. The summed E-state index contributed by atoms with van der Waals surface area (Å²) < 4.78 is 36.1. The zero-order valence-electron chi connectivity index (χ0n) is 34.1. The number of H-pyrrole nitrogens is 1. The third-order valence-corrected chi connectivity index (χ3v) is 14.6. The Morgan fingerprint density at radius 2 is 1.90 bits per heavy atom. The van der Waals surface area contributed by atoms with Crippen LogP contribution in [0.15, 0.2) is 24.3 Å². The number of nitrogens with zero attached hydrogens (tertiary/aromatic N) is 2. The van der Waals surface area contributed by atoms with Crippen molar-refractivity contribution >= 4 is 34.6 Å². The quantitative estimate of drug-likeness (QED) is 0.0954. The Morgan fingerprint density at radius 1 is 1.12 bits per heavy atom. The number of carbonyl (C=O) groups is 2. The van der Waals surface area contributed by atoms with Gasteiger partial charge < -0.3 is 49.4 Å². The van der Waals surface area contributed by atoms with Gasteiger partial charge in [-0.3, -0.25) is 19.9 Å². The van der Waals surface area contributed by atoms with E-state index in [1.165, 1.54) is 25.8 Å². The van der Waals surface area contributed by atoms with Crippen LogP contribution in [0.3, 0.4) is 0 Å². The van der Waals surface area contributed by atoms with Gasteiger partial charge in [-0.2, -0.15) is 0 Å². The SMILES string of the molecule is C#CS[C@@H]1c2c(OC(C)=O)c(C)c3c(c2[C@H](COC(=O)[C@@H]2N[C@H](CN)Cc4c2[nH]c2ccc(OC)cc42)N2[C@@H]1[C@H]1c4c(cc(C)c(OC)c4O)C4(C)CC2(O)CN14)OCO3. The number of aliphatic hydroxyl groups is 1. The average molecular weight is 838 g/mol. The number of phenols is 1. The molecule has 6 N–H and O–H groups in total. The number of fused-ring (bicyclic) bond motifs is 13. The molecule has 2 fully saturated rings. The van der Waals surface area contributed by atoms with Crippen LogP contribution in [-0.2, 0) is 26.3 Å². The Balaban J connectivity index is 1.15. The third-order valence-electron chi connectivity index (χ3n) is 13.7. The molecule has 2 saturated heterocycles. The highest BCUT2D eigenvalue weighted by Crippen LogP contribution is 2.70. The largest absolute Gasteiger partial charge is 0.504 e. The number of aromatic nitrogens is 1. The second kappa shape index (κ2) is 13.7. The highest BCUT2D eigenvalue weighted by Gasteiger charge is 2.71. The predicted octanol–water partition coefficient (Wildman–Crippen LogP) is 4.39. The Bertz CT molecular complexity index is 2570. The van der Waals surface area contributed by atoms with Crippen LogP contribution in [0.2, 0.25) is 0 Å². The van der Waals surface area contributed by atoms with Gasteiger partial charge in [-0.15, -0.1) is 6.42 Å². The fourth-order valence-corrected chi connectivity index (χ4v) is 12.4. The molecule has 0 saturated carbocycles. The maximum Gasteiger partial charge on any atom is 0.329 e. The molecule has 8 atom stereocenters. The summed E-state index contributed by atoms with van der Waals surface area (Å²) in [6.07, 6.45) is 7.03. The summed E-state index contributed by atoms with van der Waals surface area (Å²) >= 11 is 1.19. The van der Waals surface area contributed by atoms with Gasteiger partial charge >= 0.3 is 11.9 Å². The number of nitrogens with one attached hydrogen (secondary N) is 2. The van der Waals surface area contributed by atoms with Crippen molar-refractivity contribution < 1.29 is 48.2 Å². The summed E-state index contributed by atoms with van der Waals surface area (Å²) in [4.78, 5) is 35.3. The number of rotatable bonds is 8. The highest BCUT2D eigenvalue weighted by molar-refractivity contribution is 8.04. The summed E-state index contributed by atoms with van der Waals surface area (Å²) in [5.74, 6) is 1.00. The van der Waals surface area contributed by atoms with E-state index in [0.29, 0.717) is 57.4 Å². The van der Waals surface area contributed by atoms with Gasteiger partial charge in [0, 0.05) is 76.9 Å². The van der Waals surface area contributed by atoms with E-state index in [9.17, 15) is 19.8 Å². The van der Waals surface area contributed by atoms with E-state index >= 15 is 0 Å². The number of thioether (sulfide) groups is 1. The van der Waals surface area contributed by atoms with E-state index in [0.717, 1.165) is 27.6 Å². The Hall–Kier alpha value is -5.15. The molecule has 0 aliphatic carbocycles. The fraction of sp³-hybridized carbons (Fsp3) is 0.455.